The molecule has 1 aliphatic carbocycles. The summed E-state index contributed by atoms with van der Waals surface area (Å²) in [7, 11) is -3.74. The van der Waals surface area contributed by atoms with E-state index in [9.17, 15) is 13.2 Å². The predicted molar refractivity (Wildman–Crippen MR) is 124 cm³/mol. The van der Waals surface area contributed by atoms with Gasteiger partial charge in [-0.25, -0.2) is 8.42 Å². The molecule has 0 spiro atoms. The zero-order chi connectivity index (χ0) is 23.3. The number of nitrogens with one attached hydrogen (secondary N) is 2. The van der Waals surface area contributed by atoms with Crippen LogP contribution in [0, 0.1) is 11.8 Å². The number of carbonyl (C=O) groups is 1. The van der Waals surface area contributed by atoms with Crippen LogP contribution in [0.5, 0.6) is 5.75 Å². The first-order valence-corrected chi connectivity index (χ1v) is 13.1. The number of ether oxygens (including phenoxy) is 2. The van der Waals surface area contributed by atoms with Crippen molar-refractivity contribution >= 4 is 21.6 Å². The lowest BCUT2D eigenvalue weighted by atomic mass is 9.78. The molecule has 1 aromatic carbocycles. The van der Waals surface area contributed by atoms with Crippen molar-refractivity contribution in [2.75, 3.05) is 38.2 Å². The van der Waals surface area contributed by atoms with Crippen molar-refractivity contribution < 1.29 is 22.7 Å². The van der Waals surface area contributed by atoms with E-state index in [1.54, 1.807) is 25.1 Å². The van der Waals surface area contributed by atoms with Crippen molar-refractivity contribution in [3.8, 4) is 5.75 Å². The molecule has 0 bridgehead atoms. The molecule has 1 saturated heterocycles. The second-order valence-corrected chi connectivity index (χ2v) is 10.8. The van der Waals surface area contributed by atoms with Crippen LogP contribution in [0.4, 0.5) is 5.69 Å². The highest BCUT2D eigenvalue weighted by Gasteiger charge is 2.31. The molecular formula is C23H37N3O5S. The van der Waals surface area contributed by atoms with Gasteiger partial charge in [0.05, 0.1) is 19.8 Å². The van der Waals surface area contributed by atoms with Crippen LogP contribution < -0.4 is 15.4 Å². The third-order valence-corrected chi connectivity index (χ3v) is 8.56. The van der Waals surface area contributed by atoms with Crippen LogP contribution in [0.25, 0.3) is 0 Å². The van der Waals surface area contributed by atoms with Gasteiger partial charge in [-0.3, -0.25) is 4.79 Å². The highest BCUT2D eigenvalue weighted by Crippen LogP contribution is 2.31. The number of rotatable bonds is 8. The van der Waals surface area contributed by atoms with Crippen molar-refractivity contribution in [3.63, 3.8) is 0 Å². The van der Waals surface area contributed by atoms with E-state index in [0.717, 1.165) is 12.8 Å². The average Bonchev–Trinajstić information content (AvgIpc) is 2.78. The maximum atomic E-state index is 13.3. The van der Waals surface area contributed by atoms with Crippen molar-refractivity contribution in [1.29, 1.82) is 0 Å². The Bertz CT molecular complexity index is 886. The summed E-state index contributed by atoms with van der Waals surface area (Å²) in [5, 5.41) is 6.35. The number of hydrogen-bond donors (Lipinski definition) is 2. The smallest absolute Gasteiger partial charge is 0.246 e. The normalized spacial score (nSPS) is 25.7. The molecule has 1 amide bonds. The van der Waals surface area contributed by atoms with E-state index in [1.165, 1.54) is 10.7 Å². The van der Waals surface area contributed by atoms with E-state index in [2.05, 4.69) is 24.5 Å². The molecule has 0 aromatic heterocycles. The maximum absolute atomic E-state index is 13.3. The topological polar surface area (TPSA) is 97.0 Å². The summed E-state index contributed by atoms with van der Waals surface area (Å²) in [5.74, 6) is 1.26. The van der Waals surface area contributed by atoms with E-state index >= 15 is 0 Å². The van der Waals surface area contributed by atoms with Gasteiger partial charge in [-0.1, -0.05) is 26.7 Å². The molecule has 9 heteroatoms. The molecule has 32 heavy (non-hydrogen) atoms. The lowest BCUT2D eigenvalue weighted by Crippen LogP contribution is -2.48. The fraction of sp³-hybridized carbons (Fsp3) is 0.696. The lowest BCUT2D eigenvalue weighted by molar-refractivity contribution is -0.123. The summed E-state index contributed by atoms with van der Waals surface area (Å²) in [5.41, 5.74) is 0.563. The third kappa shape index (κ3) is 5.74. The van der Waals surface area contributed by atoms with Crippen LogP contribution >= 0.6 is 0 Å². The number of hydrogen-bond acceptors (Lipinski definition) is 6. The molecule has 2 N–H and O–H groups in total. The number of amides is 1. The van der Waals surface area contributed by atoms with E-state index in [-0.39, 0.29) is 16.8 Å². The highest BCUT2D eigenvalue weighted by molar-refractivity contribution is 7.89. The van der Waals surface area contributed by atoms with Gasteiger partial charge in [-0.05, 0) is 50.3 Å². The van der Waals surface area contributed by atoms with Crippen LogP contribution in [0.2, 0.25) is 0 Å². The van der Waals surface area contributed by atoms with Gasteiger partial charge < -0.3 is 20.1 Å². The van der Waals surface area contributed by atoms with Gasteiger partial charge in [-0.2, -0.15) is 4.31 Å². The maximum Gasteiger partial charge on any atom is 0.246 e. The second kappa shape index (κ2) is 10.9. The van der Waals surface area contributed by atoms with Crippen LogP contribution in [-0.2, 0) is 19.6 Å². The van der Waals surface area contributed by atoms with Crippen LogP contribution in [0.15, 0.2) is 23.1 Å². The Hall–Kier alpha value is -1.84. The zero-order valence-corrected chi connectivity index (χ0v) is 20.4. The summed E-state index contributed by atoms with van der Waals surface area (Å²) in [6.07, 6.45) is 3.32. The van der Waals surface area contributed by atoms with Gasteiger partial charge >= 0.3 is 0 Å². The van der Waals surface area contributed by atoms with E-state index < -0.39 is 16.1 Å². The molecule has 2 fully saturated rings. The molecule has 180 valence electrons. The van der Waals surface area contributed by atoms with E-state index in [1.807, 2.05) is 6.92 Å². The molecule has 1 aromatic rings. The standard InChI is InChI=1S/C23H37N3O5S/c1-5-31-21-10-9-19(15-22(21)32(28,29)26-11-13-30-14-12-26)24-18(4)23(27)25-20-8-6-7-16(2)17(20)3/h9-10,15-18,20,24H,5-8,11-14H2,1-4H3,(H,25,27)/t16-,17+,18-,20-/m1/s1. The van der Waals surface area contributed by atoms with Crippen molar-refractivity contribution in [2.45, 2.75) is 63.9 Å². The van der Waals surface area contributed by atoms with E-state index in [4.69, 9.17) is 9.47 Å². The quantitative estimate of drug-likeness (QED) is 0.610. The zero-order valence-electron chi connectivity index (χ0n) is 19.6. The number of carbonyl (C=O) groups excluding carboxylic acids is 1. The number of nitrogens with zero attached hydrogens (tertiary/aromatic N) is 1. The van der Waals surface area contributed by atoms with Gasteiger partial charge in [0, 0.05) is 24.8 Å². The van der Waals surface area contributed by atoms with Gasteiger partial charge in [0.2, 0.25) is 15.9 Å². The molecule has 1 heterocycles. The fourth-order valence-corrected chi connectivity index (χ4v) is 5.97. The van der Waals surface area contributed by atoms with Crippen LogP contribution in [0.3, 0.4) is 0 Å². The minimum atomic E-state index is -3.74. The van der Waals surface area contributed by atoms with Crippen molar-refractivity contribution in [3.05, 3.63) is 18.2 Å². The first-order chi connectivity index (χ1) is 15.2. The highest BCUT2D eigenvalue weighted by atomic mass is 32.2. The van der Waals surface area contributed by atoms with Gasteiger partial charge in [0.1, 0.15) is 16.7 Å². The fourth-order valence-electron chi connectivity index (χ4n) is 4.41. The van der Waals surface area contributed by atoms with Crippen molar-refractivity contribution in [2.24, 2.45) is 11.8 Å². The SMILES string of the molecule is CCOc1ccc(N[C@H](C)C(=O)N[C@@H]2CCC[C@@H](C)[C@@H]2C)cc1S(=O)(=O)N1CCOCC1. The summed E-state index contributed by atoms with van der Waals surface area (Å²) in [6.45, 7) is 9.76. The molecule has 1 aliphatic heterocycles. The monoisotopic (exact) mass is 467 g/mol. The first kappa shape index (κ1) is 24.8. The first-order valence-electron chi connectivity index (χ1n) is 11.7. The summed E-state index contributed by atoms with van der Waals surface area (Å²) < 4.78 is 38.8. The Kier molecular flexibility index (Phi) is 8.41. The molecule has 0 radical (unpaired) electrons. The van der Waals surface area contributed by atoms with Gasteiger partial charge in [-0.15, -0.1) is 0 Å². The summed E-state index contributed by atoms with van der Waals surface area (Å²) in [6, 6.07) is 4.63. The molecule has 4 atom stereocenters. The van der Waals surface area contributed by atoms with Crippen molar-refractivity contribution in [1.82, 2.24) is 9.62 Å². The van der Waals surface area contributed by atoms with E-state index in [0.29, 0.717) is 56.2 Å². The van der Waals surface area contributed by atoms with Crippen LogP contribution in [-0.4, -0.2) is 63.6 Å². The Labute approximate surface area is 192 Å². The Balaban J connectivity index is 1.75. The Morgan fingerprint density at radius 3 is 2.66 bits per heavy atom. The molecule has 3 rings (SSSR count). The third-order valence-electron chi connectivity index (χ3n) is 6.64. The van der Waals surface area contributed by atoms with Gasteiger partial charge in [0.25, 0.3) is 0 Å². The number of morpholine rings is 1. The molecule has 0 unspecified atom stereocenters. The predicted octanol–water partition coefficient (Wildman–Crippen LogP) is 2.85. The number of benzene rings is 1. The Morgan fingerprint density at radius 2 is 1.97 bits per heavy atom. The van der Waals surface area contributed by atoms with Gasteiger partial charge in [0.15, 0.2) is 0 Å². The molecule has 8 nitrogen and oxygen atoms in total. The summed E-state index contributed by atoms with van der Waals surface area (Å²) >= 11 is 0. The minimum Gasteiger partial charge on any atom is -0.492 e. The van der Waals surface area contributed by atoms with Crippen LogP contribution in [0.1, 0.15) is 47.0 Å². The largest absolute Gasteiger partial charge is 0.492 e. The molecule has 2 aliphatic rings. The second-order valence-electron chi connectivity index (χ2n) is 8.86. The number of anilines is 1. The average molecular weight is 468 g/mol. The lowest BCUT2D eigenvalue weighted by Gasteiger charge is -2.35. The molecular weight excluding hydrogens is 430 g/mol. The molecule has 1 saturated carbocycles. The minimum absolute atomic E-state index is 0.0811. The Morgan fingerprint density at radius 1 is 1.25 bits per heavy atom. The summed E-state index contributed by atoms with van der Waals surface area (Å²) in [4.78, 5) is 12.9. The number of sulfonamides is 1.